The number of amides is 2. The van der Waals surface area contributed by atoms with Gasteiger partial charge in [0.2, 0.25) is 0 Å². The van der Waals surface area contributed by atoms with E-state index < -0.39 is 23.9 Å². The van der Waals surface area contributed by atoms with Gasteiger partial charge in [0.15, 0.2) is 0 Å². The smallest absolute Gasteiger partial charge is 0.319 e. The molecule has 1 aliphatic carbocycles. The number of aromatic nitrogens is 4. The third-order valence-electron chi connectivity index (χ3n) is 5.64. The molecular formula is C22H20F2N6O. The maximum Gasteiger partial charge on any atom is 0.319 e. The first-order valence-corrected chi connectivity index (χ1v) is 9.89. The third kappa shape index (κ3) is 3.41. The molecule has 31 heavy (non-hydrogen) atoms. The Morgan fingerprint density at radius 1 is 1.26 bits per heavy atom. The van der Waals surface area contributed by atoms with E-state index in [0.29, 0.717) is 12.1 Å². The first kappa shape index (κ1) is 19.2. The van der Waals surface area contributed by atoms with Crippen LogP contribution < -0.4 is 10.6 Å². The normalized spacial score (nSPS) is 21.7. The number of hydrogen-bond donors (Lipinski definition) is 2. The topological polar surface area (TPSA) is 76.8 Å². The SMILES string of the molecule is Cn1cc(C2C(F)=CC(NC(=O)NCC3c4ccccc4-c4cncn43)=CC2F)cn1. The summed E-state index contributed by atoms with van der Waals surface area (Å²) in [6, 6.07) is 7.31. The highest BCUT2D eigenvalue weighted by Gasteiger charge is 2.32. The van der Waals surface area contributed by atoms with Gasteiger partial charge in [0.25, 0.3) is 0 Å². The Hall–Kier alpha value is -3.75. The van der Waals surface area contributed by atoms with Crippen LogP contribution in [0, 0.1) is 0 Å². The van der Waals surface area contributed by atoms with Crippen LogP contribution in [0.25, 0.3) is 11.3 Å². The molecule has 2 aliphatic rings. The van der Waals surface area contributed by atoms with E-state index in [1.54, 1.807) is 25.8 Å². The summed E-state index contributed by atoms with van der Waals surface area (Å²) in [5.74, 6) is -1.72. The lowest BCUT2D eigenvalue weighted by Gasteiger charge is -2.22. The van der Waals surface area contributed by atoms with Crippen molar-refractivity contribution in [3.63, 3.8) is 0 Å². The molecule has 0 saturated heterocycles. The maximum absolute atomic E-state index is 14.6. The van der Waals surface area contributed by atoms with Gasteiger partial charge in [0, 0.05) is 36.6 Å². The number of benzene rings is 1. The van der Waals surface area contributed by atoms with Crippen molar-refractivity contribution < 1.29 is 13.6 Å². The highest BCUT2D eigenvalue weighted by molar-refractivity contribution is 5.77. The lowest BCUT2D eigenvalue weighted by molar-refractivity contribution is 0.242. The average molecular weight is 422 g/mol. The molecule has 2 N–H and O–H groups in total. The predicted octanol–water partition coefficient (Wildman–Crippen LogP) is 3.36. The van der Waals surface area contributed by atoms with Crippen molar-refractivity contribution in [2.45, 2.75) is 18.1 Å². The Balaban J connectivity index is 1.25. The molecule has 3 unspecified atom stereocenters. The highest BCUT2D eigenvalue weighted by atomic mass is 19.1. The number of alkyl halides is 1. The van der Waals surface area contributed by atoms with E-state index in [2.05, 4.69) is 20.7 Å². The molecule has 1 aromatic carbocycles. The van der Waals surface area contributed by atoms with E-state index in [9.17, 15) is 13.6 Å². The lowest BCUT2D eigenvalue weighted by atomic mass is 9.91. The van der Waals surface area contributed by atoms with Gasteiger partial charge in [-0.3, -0.25) is 4.68 Å². The zero-order valence-electron chi connectivity index (χ0n) is 16.7. The van der Waals surface area contributed by atoms with Crippen LogP contribution in [0.3, 0.4) is 0 Å². The summed E-state index contributed by atoms with van der Waals surface area (Å²) in [5, 5.41) is 9.29. The van der Waals surface area contributed by atoms with E-state index in [4.69, 9.17) is 0 Å². The number of rotatable bonds is 4. The van der Waals surface area contributed by atoms with E-state index in [0.717, 1.165) is 22.9 Å². The number of allylic oxidation sites excluding steroid dienone is 3. The van der Waals surface area contributed by atoms with Gasteiger partial charge < -0.3 is 15.2 Å². The summed E-state index contributed by atoms with van der Waals surface area (Å²) >= 11 is 0. The molecule has 5 rings (SSSR count). The molecule has 0 bridgehead atoms. The third-order valence-corrected chi connectivity index (χ3v) is 5.64. The molecule has 2 amide bonds. The monoisotopic (exact) mass is 422 g/mol. The fourth-order valence-corrected chi connectivity index (χ4v) is 4.23. The molecule has 0 fully saturated rings. The number of nitrogens with one attached hydrogen (secondary N) is 2. The van der Waals surface area contributed by atoms with Crippen LogP contribution in [0.4, 0.5) is 13.6 Å². The molecule has 0 saturated carbocycles. The second-order valence-electron chi connectivity index (χ2n) is 7.64. The quantitative estimate of drug-likeness (QED) is 0.677. The van der Waals surface area contributed by atoms with Crippen molar-refractivity contribution in [1.29, 1.82) is 0 Å². The van der Waals surface area contributed by atoms with Crippen molar-refractivity contribution in [2.24, 2.45) is 7.05 Å². The second-order valence-corrected chi connectivity index (χ2v) is 7.64. The Morgan fingerprint density at radius 3 is 2.87 bits per heavy atom. The van der Waals surface area contributed by atoms with Crippen LogP contribution in [0.1, 0.15) is 23.1 Å². The first-order valence-electron chi connectivity index (χ1n) is 9.89. The summed E-state index contributed by atoms with van der Waals surface area (Å²) < 4.78 is 32.7. The highest BCUT2D eigenvalue weighted by Crippen LogP contribution is 2.38. The Labute approximate surface area is 177 Å². The van der Waals surface area contributed by atoms with Crippen LogP contribution in [-0.4, -0.2) is 38.1 Å². The number of imidazole rings is 1. The molecule has 1 aliphatic heterocycles. The Morgan fingerprint density at radius 2 is 2.10 bits per heavy atom. The van der Waals surface area contributed by atoms with Crippen molar-refractivity contribution in [1.82, 2.24) is 30.0 Å². The number of urea groups is 1. The van der Waals surface area contributed by atoms with Gasteiger partial charge in [-0.2, -0.15) is 5.10 Å². The van der Waals surface area contributed by atoms with Gasteiger partial charge in [-0.05, 0) is 17.7 Å². The molecule has 0 radical (unpaired) electrons. The molecule has 3 atom stereocenters. The summed E-state index contributed by atoms with van der Waals surface area (Å²) in [4.78, 5) is 16.6. The minimum absolute atomic E-state index is 0.0813. The van der Waals surface area contributed by atoms with Crippen LogP contribution >= 0.6 is 0 Å². The van der Waals surface area contributed by atoms with Gasteiger partial charge in [0.05, 0.1) is 36.4 Å². The zero-order valence-corrected chi connectivity index (χ0v) is 16.7. The van der Waals surface area contributed by atoms with Crippen LogP contribution in [0.5, 0.6) is 0 Å². The molecule has 7 nitrogen and oxygen atoms in total. The number of carbonyl (C=O) groups excluding carboxylic acids is 1. The fraction of sp³-hybridized carbons (Fsp3) is 0.227. The van der Waals surface area contributed by atoms with Crippen LogP contribution in [0.15, 0.2) is 72.9 Å². The fourth-order valence-electron chi connectivity index (χ4n) is 4.23. The summed E-state index contributed by atoms with van der Waals surface area (Å²) in [7, 11) is 1.68. The van der Waals surface area contributed by atoms with Crippen molar-refractivity contribution in [3.8, 4) is 11.3 Å². The van der Waals surface area contributed by atoms with Gasteiger partial charge in [-0.25, -0.2) is 18.6 Å². The lowest BCUT2D eigenvalue weighted by Crippen LogP contribution is -2.38. The molecule has 3 heterocycles. The molecule has 2 aromatic heterocycles. The largest absolute Gasteiger partial charge is 0.335 e. The number of halogens is 2. The van der Waals surface area contributed by atoms with E-state index in [1.165, 1.54) is 17.0 Å². The van der Waals surface area contributed by atoms with Gasteiger partial charge in [0.1, 0.15) is 12.0 Å². The molecule has 0 spiro atoms. The summed E-state index contributed by atoms with van der Waals surface area (Å²) in [6.45, 7) is 0.309. The minimum Gasteiger partial charge on any atom is -0.335 e. The van der Waals surface area contributed by atoms with Crippen molar-refractivity contribution in [2.75, 3.05) is 6.54 Å². The molecule has 9 heteroatoms. The molecule has 3 aromatic rings. The maximum atomic E-state index is 14.6. The number of fused-ring (bicyclic) bond motifs is 3. The second kappa shape index (κ2) is 7.50. The predicted molar refractivity (Wildman–Crippen MR) is 110 cm³/mol. The van der Waals surface area contributed by atoms with E-state index >= 15 is 0 Å². The van der Waals surface area contributed by atoms with Gasteiger partial charge in [-0.15, -0.1) is 0 Å². The van der Waals surface area contributed by atoms with E-state index in [1.807, 2.05) is 28.8 Å². The molecular weight excluding hydrogens is 402 g/mol. The van der Waals surface area contributed by atoms with Gasteiger partial charge >= 0.3 is 6.03 Å². The Bertz CT molecular complexity index is 1210. The van der Waals surface area contributed by atoms with Crippen LogP contribution in [-0.2, 0) is 7.05 Å². The van der Waals surface area contributed by atoms with Gasteiger partial charge in [-0.1, -0.05) is 24.3 Å². The first-order chi connectivity index (χ1) is 15.0. The average Bonchev–Trinajstić information content (AvgIpc) is 3.43. The number of hydrogen-bond acceptors (Lipinski definition) is 3. The number of carbonyl (C=O) groups is 1. The zero-order chi connectivity index (χ0) is 21.5. The van der Waals surface area contributed by atoms with Crippen LogP contribution in [0.2, 0.25) is 0 Å². The Kier molecular flexibility index (Phi) is 4.65. The van der Waals surface area contributed by atoms with E-state index in [-0.39, 0.29) is 11.7 Å². The number of aryl methyl sites for hydroxylation is 1. The summed E-state index contributed by atoms with van der Waals surface area (Å²) in [6.07, 6.45) is 7.28. The summed E-state index contributed by atoms with van der Waals surface area (Å²) in [5.41, 5.74) is 3.68. The standard InChI is InChI=1S/C22H20F2N6O/c1-29-11-13(8-27-29)21-17(23)6-14(7-18(21)24)28-22(31)26-10-20-16-5-3-2-4-15(16)19-9-25-12-30(19)20/h2-9,11-12,17,20-21H,10H2,1H3,(H2,26,28,31). The van der Waals surface area contributed by atoms with Crippen molar-refractivity contribution >= 4 is 6.03 Å². The van der Waals surface area contributed by atoms with Crippen molar-refractivity contribution in [3.05, 3.63) is 84.0 Å². The molecule has 158 valence electrons. The number of nitrogens with zero attached hydrogens (tertiary/aromatic N) is 4. The minimum atomic E-state index is -1.61.